The van der Waals surface area contributed by atoms with Gasteiger partial charge in [-0.1, -0.05) is 31.6 Å². The Balaban J connectivity index is 1.94. The van der Waals surface area contributed by atoms with Gasteiger partial charge in [0.15, 0.2) is 5.78 Å². The molecule has 0 amide bonds. The molecule has 0 N–H and O–H groups in total. The Hall–Kier alpha value is -1.57. The van der Waals surface area contributed by atoms with E-state index >= 15 is 0 Å². The third-order valence-electron chi connectivity index (χ3n) is 5.81. The zero-order valence-corrected chi connectivity index (χ0v) is 14.1. The van der Waals surface area contributed by atoms with E-state index in [4.69, 9.17) is 4.74 Å². The van der Waals surface area contributed by atoms with E-state index in [1.54, 1.807) is 7.11 Å². The maximum Gasteiger partial charge on any atom is 0.155 e. The van der Waals surface area contributed by atoms with Crippen LogP contribution >= 0.6 is 0 Å². The number of carbonyl (C=O) groups is 1. The predicted octanol–water partition coefficient (Wildman–Crippen LogP) is 4.81. The van der Waals surface area contributed by atoms with Crippen LogP contribution in [-0.4, -0.2) is 12.9 Å². The summed E-state index contributed by atoms with van der Waals surface area (Å²) in [4.78, 5) is 11.7. The van der Waals surface area contributed by atoms with Gasteiger partial charge in [-0.2, -0.15) is 0 Å². The van der Waals surface area contributed by atoms with Crippen molar-refractivity contribution < 1.29 is 9.53 Å². The number of benzene rings is 1. The van der Waals surface area contributed by atoms with Crippen LogP contribution in [0.25, 0.3) is 0 Å². The smallest absolute Gasteiger partial charge is 0.155 e. The molecule has 1 aromatic carbocycles. The number of allylic oxidation sites excluding steroid dienone is 2. The highest BCUT2D eigenvalue weighted by Crippen LogP contribution is 2.55. The standard InChI is InChI=1S/C20H26O2/c1-13-11-14(6-10-19(13)22-4)17-8-5-15-12-16(21)7-9-18(15)20(17,2)3/h6,10-12,17-18H,5,7-9H2,1-4H3. The van der Waals surface area contributed by atoms with E-state index in [2.05, 4.69) is 39.0 Å². The molecule has 2 nitrogen and oxygen atoms in total. The first-order chi connectivity index (χ1) is 10.4. The van der Waals surface area contributed by atoms with Crippen LogP contribution in [0.15, 0.2) is 29.8 Å². The molecule has 0 spiro atoms. The molecule has 2 heteroatoms. The highest BCUT2D eigenvalue weighted by atomic mass is 16.5. The number of rotatable bonds is 2. The Morgan fingerprint density at radius 1 is 1.14 bits per heavy atom. The molecule has 1 saturated carbocycles. The molecule has 22 heavy (non-hydrogen) atoms. The second-order valence-corrected chi connectivity index (χ2v) is 7.42. The number of ketones is 1. The van der Waals surface area contributed by atoms with Crippen molar-refractivity contribution in [3.8, 4) is 5.75 Å². The van der Waals surface area contributed by atoms with Gasteiger partial charge in [-0.3, -0.25) is 4.79 Å². The van der Waals surface area contributed by atoms with Gasteiger partial charge in [0, 0.05) is 6.42 Å². The van der Waals surface area contributed by atoms with Gasteiger partial charge in [0.1, 0.15) is 5.75 Å². The average Bonchev–Trinajstić information content (AvgIpc) is 2.46. The van der Waals surface area contributed by atoms with E-state index in [0.717, 1.165) is 25.0 Å². The topological polar surface area (TPSA) is 26.3 Å². The number of methoxy groups -OCH3 is 1. The monoisotopic (exact) mass is 298 g/mol. The maximum absolute atomic E-state index is 11.7. The zero-order chi connectivity index (χ0) is 15.9. The van der Waals surface area contributed by atoms with Crippen molar-refractivity contribution in [1.29, 1.82) is 0 Å². The second-order valence-electron chi connectivity index (χ2n) is 7.42. The molecule has 0 saturated heterocycles. The van der Waals surface area contributed by atoms with Crippen LogP contribution in [0.3, 0.4) is 0 Å². The third kappa shape index (κ3) is 2.49. The van der Waals surface area contributed by atoms with Crippen molar-refractivity contribution in [3.05, 3.63) is 41.0 Å². The summed E-state index contributed by atoms with van der Waals surface area (Å²) < 4.78 is 5.39. The van der Waals surface area contributed by atoms with Crippen LogP contribution in [0.5, 0.6) is 5.75 Å². The molecule has 1 fully saturated rings. The van der Waals surface area contributed by atoms with Crippen LogP contribution in [0.4, 0.5) is 0 Å². The van der Waals surface area contributed by atoms with E-state index < -0.39 is 0 Å². The van der Waals surface area contributed by atoms with Gasteiger partial charge < -0.3 is 4.74 Å². The van der Waals surface area contributed by atoms with Crippen LogP contribution in [0, 0.1) is 18.3 Å². The molecule has 1 aromatic rings. The van der Waals surface area contributed by atoms with Gasteiger partial charge >= 0.3 is 0 Å². The van der Waals surface area contributed by atoms with Gasteiger partial charge in [0.25, 0.3) is 0 Å². The summed E-state index contributed by atoms with van der Waals surface area (Å²) in [5.74, 6) is 2.38. The SMILES string of the molecule is COc1ccc(C2CCC3=CC(=O)CCC3C2(C)C)cc1C. The number of ether oxygens (including phenoxy) is 1. The Morgan fingerprint density at radius 2 is 1.86 bits per heavy atom. The summed E-state index contributed by atoms with van der Waals surface area (Å²) in [6.45, 7) is 6.87. The van der Waals surface area contributed by atoms with Crippen molar-refractivity contribution >= 4 is 5.78 Å². The molecule has 118 valence electrons. The minimum Gasteiger partial charge on any atom is -0.496 e. The quantitative estimate of drug-likeness (QED) is 0.783. The normalized spacial score (nSPS) is 27.1. The minimum atomic E-state index is 0.200. The molecule has 2 unspecified atom stereocenters. The van der Waals surface area contributed by atoms with Crippen molar-refractivity contribution in [2.75, 3.05) is 7.11 Å². The Labute approximate surface area is 133 Å². The van der Waals surface area contributed by atoms with E-state index in [1.807, 2.05) is 6.08 Å². The second kappa shape index (κ2) is 5.57. The molecule has 0 aliphatic heterocycles. The molecule has 0 radical (unpaired) electrons. The lowest BCUT2D eigenvalue weighted by Gasteiger charge is -2.48. The van der Waals surface area contributed by atoms with Crippen molar-refractivity contribution in [1.82, 2.24) is 0 Å². The Bertz CT molecular complexity index is 625. The predicted molar refractivity (Wildman–Crippen MR) is 89.3 cm³/mol. The van der Waals surface area contributed by atoms with Gasteiger partial charge in [0.05, 0.1) is 7.11 Å². The first-order valence-electron chi connectivity index (χ1n) is 8.31. The van der Waals surface area contributed by atoms with Crippen LogP contribution < -0.4 is 4.74 Å². The summed E-state index contributed by atoms with van der Waals surface area (Å²) >= 11 is 0. The van der Waals surface area contributed by atoms with E-state index in [0.29, 0.717) is 24.0 Å². The van der Waals surface area contributed by atoms with E-state index in [1.165, 1.54) is 16.7 Å². The van der Waals surface area contributed by atoms with E-state index in [9.17, 15) is 4.79 Å². The fraction of sp³-hybridized carbons (Fsp3) is 0.550. The lowest BCUT2D eigenvalue weighted by atomic mass is 9.56. The van der Waals surface area contributed by atoms with Gasteiger partial charge in [-0.05, 0) is 66.7 Å². The summed E-state index contributed by atoms with van der Waals surface area (Å²) in [6.07, 6.45) is 5.87. The highest BCUT2D eigenvalue weighted by Gasteiger charge is 2.44. The molecule has 0 aromatic heterocycles. The number of carbonyl (C=O) groups excluding carboxylic acids is 1. The average molecular weight is 298 g/mol. The Kier molecular flexibility index (Phi) is 3.88. The largest absolute Gasteiger partial charge is 0.496 e. The Morgan fingerprint density at radius 3 is 2.55 bits per heavy atom. The molecule has 0 bridgehead atoms. The molecular formula is C20H26O2. The summed E-state index contributed by atoms with van der Waals surface area (Å²) in [5, 5.41) is 0. The number of fused-ring (bicyclic) bond motifs is 1. The maximum atomic E-state index is 11.7. The summed E-state index contributed by atoms with van der Waals surface area (Å²) in [7, 11) is 1.72. The van der Waals surface area contributed by atoms with Gasteiger partial charge in [-0.15, -0.1) is 0 Å². The van der Waals surface area contributed by atoms with Crippen LogP contribution in [0.1, 0.15) is 56.6 Å². The minimum absolute atomic E-state index is 0.200. The lowest BCUT2D eigenvalue weighted by molar-refractivity contribution is -0.115. The summed E-state index contributed by atoms with van der Waals surface area (Å²) in [5.41, 5.74) is 4.21. The first-order valence-corrected chi connectivity index (χ1v) is 8.31. The van der Waals surface area contributed by atoms with Crippen LogP contribution in [-0.2, 0) is 4.79 Å². The molecule has 0 heterocycles. The number of aryl methyl sites for hydroxylation is 1. The molecule has 2 atom stereocenters. The molecular weight excluding hydrogens is 272 g/mol. The van der Waals surface area contributed by atoms with Crippen LogP contribution in [0.2, 0.25) is 0 Å². The first kappa shape index (κ1) is 15.3. The third-order valence-corrected chi connectivity index (χ3v) is 5.81. The van der Waals surface area contributed by atoms with Gasteiger partial charge in [0.2, 0.25) is 0 Å². The fourth-order valence-corrected chi connectivity index (χ4v) is 4.59. The van der Waals surface area contributed by atoms with E-state index in [-0.39, 0.29) is 5.41 Å². The molecule has 2 aliphatic carbocycles. The molecule has 3 rings (SSSR count). The van der Waals surface area contributed by atoms with Crippen molar-refractivity contribution in [3.63, 3.8) is 0 Å². The summed E-state index contributed by atoms with van der Waals surface area (Å²) in [6, 6.07) is 6.60. The van der Waals surface area contributed by atoms with Crippen molar-refractivity contribution in [2.24, 2.45) is 11.3 Å². The lowest BCUT2D eigenvalue weighted by Crippen LogP contribution is -2.38. The molecule has 2 aliphatic rings. The van der Waals surface area contributed by atoms with Gasteiger partial charge in [-0.25, -0.2) is 0 Å². The van der Waals surface area contributed by atoms with Crippen molar-refractivity contribution in [2.45, 2.75) is 52.4 Å². The number of hydrogen-bond donors (Lipinski definition) is 0. The number of hydrogen-bond acceptors (Lipinski definition) is 2. The highest BCUT2D eigenvalue weighted by molar-refractivity contribution is 5.91. The fourth-order valence-electron chi connectivity index (χ4n) is 4.59. The zero-order valence-electron chi connectivity index (χ0n) is 14.1.